The van der Waals surface area contributed by atoms with Gasteiger partial charge in [0.05, 0.1) is 31.5 Å². The molecule has 0 saturated carbocycles. The van der Waals surface area contributed by atoms with Crippen LogP contribution >= 0.6 is 0 Å². The molecular weight excluding hydrogens is 414 g/mol. The molecule has 2 fully saturated rings. The maximum Gasteiger partial charge on any atom is 0.257 e. The summed E-state index contributed by atoms with van der Waals surface area (Å²) >= 11 is 0. The first kappa shape index (κ1) is 22.3. The van der Waals surface area contributed by atoms with Gasteiger partial charge in [-0.2, -0.15) is 5.10 Å². The third-order valence-corrected chi connectivity index (χ3v) is 7.20. The summed E-state index contributed by atoms with van der Waals surface area (Å²) in [6.45, 7) is 9.62. The van der Waals surface area contributed by atoms with Crippen LogP contribution in [0.1, 0.15) is 53.1 Å². The van der Waals surface area contributed by atoms with Crippen molar-refractivity contribution in [3.05, 3.63) is 70.3 Å². The molecule has 1 spiro atoms. The minimum Gasteiger partial charge on any atom is -0.347 e. The van der Waals surface area contributed by atoms with Crippen LogP contribution in [0.15, 0.2) is 47.6 Å². The van der Waals surface area contributed by atoms with Gasteiger partial charge in [-0.25, -0.2) is 5.01 Å². The second kappa shape index (κ2) is 9.01. The molecular formula is C27H33N3O3. The lowest BCUT2D eigenvalue weighted by atomic mass is 9.93. The van der Waals surface area contributed by atoms with E-state index in [1.807, 2.05) is 12.1 Å². The lowest BCUT2D eigenvalue weighted by Crippen LogP contribution is -2.48. The molecule has 5 rings (SSSR count). The fraction of sp³-hybridized carbons (Fsp3) is 0.481. The molecule has 1 amide bonds. The molecule has 3 aliphatic rings. The van der Waals surface area contributed by atoms with E-state index in [-0.39, 0.29) is 11.9 Å². The van der Waals surface area contributed by atoms with E-state index in [0.717, 1.165) is 43.6 Å². The van der Waals surface area contributed by atoms with Crippen LogP contribution in [0.2, 0.25) is 0 Å². The summed E-state index contributed by atoms with van der Waals surface area (Å²) < 4.78 is 11.7. The smallest absolute Gasteiger partial charge is 0.257 e. The zero-order valence-electron chi connectivity index (χ0n) is 19.8. The van der Waals surface area contributed by atoms with Crippen molar-refractivity contribution in [2.24, 2.45) is 5.10 Å². The summed E-state index contributed by atoms with van der Waals surface area (Å²) in [6.07, 6.45) is 2.34. The van der Waals surface area contributed by atoms with Crippen molar-refractivity contribution in [2.75, 3.05) is 32.8 Å². The second-order valence-corrected chi connectivity index (χ2v) is 9.56. The van der Waals surface area contributed by atoms with E-state index in [4.69, 9.17) is 14.6 Å². The second-order valence-electron chi connectivity index (χ2n) is 9.56. The van der Waals surface area contributed by atoms with E-state index in [1.165, 1.54) is 22.3 Å². The van der Waals surface area contributed by atoms with Crippen LogP contribution in [0.3, 0.4) is 0 Å². The topological polar surface area (TPSA) is 54.4 Å². The molecule has 33 heavy (non-hydrogen) atoms. The lowest BCUT2D eigenvalue weighted by molar-refractivity contribution is -0.186. The number of nitrogens with zero attached hydrogens (tertiary/aromatic N) is 3. The summed E-state index contributed by atoms with van der Waals surface area (Å²) in [5.74, 6) is -0.377. The van der Waals surface area contributed by atoms with Gasteiger partial charge in [-0.1, -0.05) is 48.0 Å². The number of amides is 1. The Kier molecular flexibility index (Phi) is 6.08. The molecule has 6 heteroatoms. The van der Waals surface area contributed by atoms with Crippen molar-refractivity contribution in [2.45, 2.75) is 51.9 Å². The maximum absolute atomic E-state index is 13.6. The Bertz CT molecular complexity index is 1060. The maximum atomic E-state index is 13.6. The Labute approximate surface area is 196 Å². The number of carbonyl (C=O) groups excluding carboxylic acids is 1. The van der Waals surface area contributed by atoms with Crippen LogP contribution < -0.4 is 0 Å². The highest BCUT2D eigenvalue weighted by molar-refractivity contribution is 6.04. The van der Waals surface area contributed by atoms with E-state index in [2.05, 4.69) is 56.0 Å². The molecule has 6 nitrogen and oxygen atoms in total. The Hall–Kier alpha value is -2.54. The fourth-order valence-electron chi connectivity index (χ4n) is 5.34. The Morgan fingerprint density at radius 1 is 1.03 bits per heavy atom. The van der Waals surface area contributed by atoms with E-state index in [0.29, 0.717) is 19.8 Å². The summed E-state index contributed by atoms with van der Waals surface area (Å²) in [5, 5.41) is 6.65. The van der Waals surface area contributed by atoms with Crippen LogP contribution in [0, 0.1) is 20.8 Å². The molecule has 0 aliphatic carbocycles. The Morgan fingerprint density at radius 2 is 1.76 bits per heavy atom. The highest BCUT2D eigenvalue weighted by Crippen LogP contribution is 2.36. The zero-order chi connectivity index (χ0) is 23.0. The summed E-state index contributed by atoms with van der Waals surface area (Å²) in [4.78, 5) is 15.8. The average Bonchev–Trinajstić information content (AvgIpc) is 3.44. The fourth-order valence-corrected chi connectivity index (χ4v) is 5.34. The van der Waals surface area contributed by atoms with Gasteiger partial charge >= 0.3 is 0 Å². The molecule has 1 atom stereocenters. The molecule has 1 unspecified atom stereocenters. The molecule has 0 N–H and O–H groups in total. The Morgan fingerprint density at radius 3 is 2.45 bits per heavy atom. The van der Waals surface area contributed by atoms with Crippen molar-refractivity contribution < 1.29 is 14.3 Å². The van der Waals surface area contributed by atoms with Crippen molar-refractivity contribution in [1.29, 1.82) is 0 Å². The van der Waals surface area contributed by atoms with Crippen LogP contribution in [0.25, 0.3) is 0 Å². The first-order chi connectivity index (χ1) is 15.9. The number of rotatable bonds is 4. The van der Waals surface area contributed by atoms with Gasteiger partial charge in [-0.3, -0.25) is 9.69 Å². The van der Waals surface area contributed by atoms with Gasteiger partial charge in [0, 0.05) is 37.9 Å². The van der Waals surface area contributed by atoms with Crippen LogP contribution in [-0.2, 0) is 14.3 Å². The quantitative estimate of drug-likeness (QED) is 0.707. The molecule has 3 heterocycles. The highest BCUT2D eigenvalue weighted by Gasteiger charge is 2.41. The highest BCUT2D eigenvalue weighted by atomic mass is 16.7. The summed E-state index contributed by atoms with van der Waals surface area (Å²) in [7, 11) is 0. The minimum absolute atomic E-state index is 0.0484. The molecule has 0 aromatic heterocycles. The van der Waals surface area contributed by atoms with Crippen molar-refractivity contribution in [1.82, 2.24) is 9.91 Å². The summed E-state index contributed by atoms with van der Waals surface area (Å²) in [6, 6.07) is 14.7. The number of piperidine rings is 1. The van der Waals surface area contributed by atoms with E-state index < -0.39 is 5.79 Å². The molecule has 2 saturated heterocycles. The molecule has 3 aliphatic heterocycles. The molecule has 2 aromatic carbocycles. The number of hydrazone groups is 1. The molecule has 0 radical (unpaired) electrons. The number of likely N-dealkylation sites (tertiary alicyclic amines) is 1. The van der Waals surface area contributed by atoms with Gasteiger partial charge < -0.3 is 9.47 Å². The average molecular weight is 448 g/mol. The third-order valence-electron chi connectivity index (χ3n) is 7.20. The van der Waals surface area contributed by atoms with Gasteiger partial charge in [0.15, 0.2) is 5.79 Å². The van der Waals surface area contributed by atoms with Crippen LogP contribution in [0.4, 0.5) is 0 Å². The number of carbonyl (C=O) groups is 1. The molecule has 2 aromatic rings. The van der Waals surface area contributed by atoms with Crippen LogP contribution in [0.5, 0.6) is 0 Å². The standard InChI is InChI=1S/C27H33N3O3/c1-19-8-9-22(21(3)16-19)24-17-25(23-7-5-4-6-20(23)2)30(28-24)26(31)18-29-12-10-27(11-13-29)32-14-15-33-27/h4-9,16,25H,10-15,17-18H2,1-3H3. The number of ether oxygens (including phenoxy) is 2. The predicted molar refractivity (Wildman–Crippen MR) is 128 cm³/mol. The van der Waals surface area contributed by atoms with Crippen LogP contribution in [-0.4, -0.2) is 60.2 Å². The number of hydrogen-bond donors (Lipinski definition) is 0. The van der Waals surface area contributed by atoms with E-state index in [9.17, 15) is 4.79 Å². The van der Waals surface area contributed by atoms with Gasteiger partial charge in [0.1, 0.15) is 0 Å². The lowest BCUT2D eigenvalue weighted by Gasteiger charge is -2.37. The zero-order valence-corrected chi connectivity index (χ0v) is 19.8. The van der Waals surface area contributed by atoms with Gasteiger partial charge in [-0.15, -0.1) is 0 Å². The van der Waals surface area contributed by atoms with E-state index in [1.54, 1.807) is 5.01 Å². The van der Waals surface area contributed by atoms with Crippen molar-refractivity contribution >= 4 is 11.6 Å². The first-order valence-electron chi connectivity index (χ1n) is 12.0. The monoisotopic (exact) mass is 447 g/mol. The molecule has 174 valence electrons. The summed E-state index contributed by atoms with van der Waals surface area (Å²) in [5.41, 5.74) is 6.90. The van der Waals surface area contributed by atoms with Gasteiger partial charge in [-0.05, 0) is 37.5 Å². The van der Waals surface area contributed by atoms with Gasteiger partial charge in [0.2, 0.25) is 0 Å². The minimum atomic E-state index is -0.425. The molecule has 0 bridgehead atoms. The van der Waals surface area contributed by atoms with Crippen molar-refractivity contribution in [3.63, 3.8) is 0 Å². The predicted octanol–water partition coefficient (Wildman–Crippen LogP) is 4.13. The first-order valence-corrected chi connectivity index (χ1v) is 12.0. The van der Waals surface area contributed by atoms with Crippen molar-refractivity contribution in [3.8, 4) is 0 Å². The third kappa shape index (κ3) is 4.47. The normalized spacial score (nSPS) is 22.7. The largest absolute Gasteiger partial charge is 0.347 e. The Balaban J connectivity index is 1.37. The van der Waals surface area contributed by atoms with E-state index >= 15 is 0 Å². The van der Waals surface area contributed by atoms with Gasteiger partial charge in [0.25, 0.3) is 5.91 Å². The number of aryl methyl sites for hydroxylation is 3. The SMILES string of the molecule is Cc1ccc(C2=NN(C(=O)CN3CCC4(CC3)OCCO4)C(c3ccccc3C)C2)c(C)c1. The number of benzene rings is 2. The number of hydrogen-bond acceptors (Lipinski definition) is 5.